The normalized spacial score (nSPS) is 11.1. The summed E-state index contributed by atoms with van der Waals surface area (Å²) in [6.07, 6.45) is 0. The fourth-order valence-electron chi connectivity index (χ4n) is 2.10. The molecule has 7 nitrogen and oxygen atoms in total. The zero-order chi connectivity index (χ0) is 18.0. The third kappa shape index (κ3) is 3.94. The van der Waals surface area contributed by atoms with E-state index in [1.165, 1.54) is 0 Å². The lowest BCUT2D eigenvalue weighted by Crippen LogP contribution is -2.20. The molecule has 0 atom stereocenters. The maximum atomic E-state index is 11.9. The summed E-state index contributed by atoms with van der Waals surface area (Å²) in [6, 6.07) is 12.0. The molecule has 0 spiro atoms. The van der Waals surface area contributed by atoms with Crippen LogP contribution in [0.1, 0.15) is 0 Å². The van der Waals surface area contributed by atoms with Crippen LogP contribution in [0.3, 0.4) is 0 Å². The lowest BCUT2D eigenvalue weighted by molar-refractivity contribution is -0.134. The molecule has 3 aromatic rings. The van der Waals surface area contributed by atoms with Gasteiger partial charge in [0.25, 0.3) is 0 Å². The van der Waals surface area contributed by atoms with Gasteiger partial charge in [0.05, 0.1) is 5.52 Å². The Hall–Kier alpha value is -2.52. The van der Waals surface area contributed by atoms with Crippen LogP contribution in [-0.4, -0.2) is 21.9 Å². The second kappa shape index (κ2) is 7.16. The SMILES string of the molecule is O=C(N=Nc1c(O)[nH]c2ccc(Br)cc12)C(=O)Nc1ccc(Br)cc1. The average molecular weight is 466 g/mol. The van der Waals surface area contributed by atoms with E-state index in [1.54, 1.807) is 42.5 Å². The number of azo groups is 1. The molecule has 0 fully saturated rings. The van der Waals surface area contributed by atoms with E-state index in [-0.39, 0.29) is 11.6 Å². The van der Waals surface area contributed by atoms with Crippen molar-refractivity contribution in [3.05, 3.63) is 51.4 Å². The number of benzene rings is 2. The van der Waals surface area contributed by atoms with Gasteiger partial charge in [-0.2, -0.15) is 0 Å². The number of hydrogen-bond donors (Lipinski definition) is 3. The van der Waals surface area contributed by atoms with Gasteiger partial charge in [-0.25, -0.2) is 0 Å². The Morgan fingerprint density at radius 2 is 1.72 bits per heavy atom. The Labute approximate surface area is 158 Å². The third-order valence-electron chi connectivity index (χ3n) is 3.25. The molecule has 0 unspecified atom stereocenters. The molecule has 3 rings (SSSR count). The number of amides is 2. The van der Waals surface area contributed by atoms with Crippen molar-refractivity contribution < 1.29 is 14.7 Å². The first kappa shape index (κ1) is 17.3. The van der Waals surface area contributed by atoms with Crippen molar-refractivity contribution in [3.8, 4) is 5.88 Å². The molecule has 9 heteroatoms. The van der Waals surface area contributed by atoms with Crippen LogP contribution in [0, 0.1) is 0 Å². The predicted octanol–water partition coefficient (Wildman–Crippen LogP) is 4.65. The van der Waals surface area contributed by atoms with Gasteiger partial charge in [0, 0.05) is 20.0 Å². The number of nitrogens with zero attached hydrogens (tertiary/aromatic N) is 2. The summed E-state index contributed by atoms with van der Waals surface area (Å²) in [7, 11) is 0. The van der Waals surface area contributed by atoms with E-state index >= 15 is 0 Å². The van der Waals surface area contributed by atoms with Crippen LogP contribution >= 0.6 is 31.9 Å². The first-order chi connectivity index (χ1) is 11.9. The summed E-state index contributed by atoms with van der Waals surface area (Å²) in [5.41, 5.74) is 1.16. The Balaban J connectivity index is 1.78. The summed E-state index contributed by atoms with van der Waals surface area (Å²) in [6.45, 7) is 0. The van der Waals surface area contributed by atoms with Crippen LogP contribution < -0.4 is 5.32 Å². The zero-order valence-corrected chi connectivity index (χ0v) is 15.6. The number of H-pyrrole nitrogens is 1. The first-order valence-corrected chi connectivity index (χ1v) is 8.55. The van der Waals surface area contributed by atoms with Gasteiger partial charge < -0.3 is 15.4 Å². The molecular formula is C16H10Br2N4O3. The molecule has 2 aromatic carbocycles. The molecule has 0 aliphatic rings. The van der Waals surface area contributed by atoms with E-state index in [2.05, 4.69) is 52.4 Å². The Morgan fingerprint density at radius 1 is 1.04 bits per heavy atom. The van der Waals surface area contributed by atoms with Crippen molar-refractivity contribution in [1.82, 2.24) is 4.98 Å². The maximum absolute atomic E-state index is 11.9. The highest BCUT2D eigenvalue weighted by molar-refractivity contribution is 9.10. The molecule has 0 aliphatic heterocycles. The van der Waals surface area contributed by atoms with E-state index in [0.29, 0.717) is 16.6 Å². The molecule has 1 aromatic heterocycles. The Morgan fingerprint density at radius 3 is 2.44 bits per heavy atom. The molecule has 0 saturated carbocycles. The third-order valence-corrected chi connectivity index (χ3v) is 4.27. The summed E-state index contributed by atoms with van der Waals surface area (Å²) in [4.78, 5) is 26.4. The minimum atomic E-state index is -1.08. The summed E-state index contributed by atoms with van der Waals surface area (Å²) >= 11 is 6.59. The largest absolute Gasteiger partial charge is 0.493 e. The molecule has 0 aliphatic carbocycles. The molecule has 126 valence electrons. The van der Waals surface area contributed by atoms with Gasteiger partial charge in [-0.3, -0.25) is 9.59 Å². The van der Waals surface area contributed by atoms with E-state index in [9.17, 15) is 14.7 Å². The lowest BCUT2D eigenvalue weighted by Gasteiger charge is -2.01. The zero-order valence-electron chi connectivity index (χ0n) is 12.5. The van der Waals surface area contributed by atoms with Crippen molar-refractivity contribution in [2.75, 3.05) is 5.32 Å². The molecule has 2 amide bonds. The van der Waals surface area contributed by atoms with Crippen molar-refractivity contribution >= 4 is 66.0 Å². The van der Waals surface area contributed by atoms with Crippen molar-refractivity contribution in [1.29, 1.82) is 0 Å². The van der Waals surface area contributed by atoms with Gasteiger partial charge in [-0.15, -0.1) is 10.2 Å². The second-order valence-corrected chi connectivity index (χ2v) is 6.81. The molecule has 0 bridgehead atoms. The predicted molar refractivity (Wildman–Crippen MR) is 100.0 cm³/mol. The fourth-order valence-corrected chi connectivity index (χ4v) is 2.72. The van der Waals surface area contributed by atoms with Crippen molar-refractivity contribution in [3.63, 3.8) is 0 Å². The van der Waals surface area contributed by atoms with Crippen LogP contribution in [0.15, 0.2) is 61.6 Å². The number of fused-ring (bicyclic) bond motifs is 1. The highest BCUT2D eigenvalue weighted by Crippen LogP contribution is 2.36. The number of aromatic nitrogens is 1. The van der Waals surface area contributed by atoms with Gasteiger partial charge in [0.1, 0.15) is 0 Å². The van der Waals surface area contributed by atoms with E-state index in [0.717, 1.165) is 8.95 Å². The topological polar surface area (TPSA) is 107 Å². The van der Waals surface area contributed by atoms with E-state index in [1.807, 2.05) is 0 Å². The van der Waals surface area contributed by atoms with Crippen LogP contribution in [0.25, 0.3) is 10.9 Å². The van der Waals surface area contributed by atoms with E-state index < -0.39 is 11.8 Å². The Kier molecular flexibility index (Phi) is 4.95. The van der Waals surface area contributed by atoms with Gasteiger partial charge in [0.2, 0.25) is 5.88 Å². The summed E-state index contributed by atoms with van der Waals surface area (Å²) in [5.74, 6) is -2.24. The quantitative estimate of drug-likeness (QED) is 0.378. The highest BCUT2D eigenvalue weighted by Gasteiger charge is 2.15. The smallest absolute Gasteiger partial charge is 0.353 e. The average Bonchev–Trinajstić information content (AvgIpc) is 2.89. The lowest BCUT2D eigenvalue weighted by atomic mass is 10.2. The number of nitrogens with one attached hydrogen (secondary N) is 2. The highest BCUT2D eigenvalue weighted by atomic mass is 79.9. The number of carbonyl (C=O) groups is 2. The molecular weight excluding hydrogens is 456 g/mol. The van der Waals surface area contributed by atoms with Gasteiger partial charge in [0.15, 0.2) is 5.69 Å². The minimum Gasteiger partial charge on any atom is -0.493 e. The number of hydrogen-bond acceptors (Lipinski definition) is 4. The summed E-state index contributed by atoms with van der Waals surface area (Å²) in [5, 5.41) is 20.0. The fraction of sp³-hybridized carbons (Fsp3) is 0. The number of rotatable bonds is 2. The monoisotopic (exact) mass is 464 g/mol. The van der Waals surface area contributed by atoms with Crippen LogP contribution in [0.4, 0.5) is 11.4 Å². The van der Waals surface area contributed by atoms with Crippen molar-refractivity contribution in [2.24, 2.45) is 10.2 Å². The number of halogens is 2. The molecule has 1 heterocycles. The minimum absolute atomic E-state index is 0.0843. The number of aromatic amines is 1. The van der Waals surface area contributed by atoms with E-state index in [4.69, 9.17) is 0 Å². The number of carbonyl (C=O) groups excluding carboxylic acids is 2. The van der Waals surface area contributed by atoms with Crippen LogP contribution in [-0.2, 0) is 9.59 Å². The molecule has 25 heavy (non-hydrogen) atoms. The van der Waals surface area contributed by atoms with Crippen LogP contribution in [0.5, 0.6) is 5.88 Å². The summed E-state index contributed by atoms with van der Waals surface area (Å²) < 4.78 is 1.62. The van der Waals surface area contributed by atoms with Gasteiger partial charge >= 0.3 is 11.8 Å². The van der Waals surface area contributed by atoms with Gasteiger partial charge in [-0.05, 0) is 42.5 Å². The standard InChI is InChI=1S/C16H10Br2N4O3/c17-8-1-4-10(5-2-8)19-15(24)16(25)22-21-13-11-7-9(18)3-6-12(11)20-14(13)23/h1-7,20,23H,(H,19,24). The second-order valence-electron chi connectivity index (χ2n) is 4.98. The molecule has 0 radical (unpaired) electrons. The Bertz CT molecular complexity index is 997. The van der Waals surface area contributed by atoms with Gasteiger partial charge in [-0.1, -0.05) is 31.9 Å². The molecule has 0 saturated heterocycles. The number of anilines is 1. The number of aromatic hydroxyl groups is 1. The van der Waals surface area contributed by atoms with Crippen LogP contribution in [0.2, 0.25) is 0 Å². The maximum Gasteiger partial charge on any atom is 0.353 e. The van der Waals surface area contributed by atoms with Crippen molar-refractivity contribution in [2.45, 2.75) is 0 Å². The first-order valence-electron chi connectivity index (χ1n) is 6.97. The molecule has 3 N–H and O–H groups in total.